The standard InChI is InChI=1S/C17H19N3O2.ClH/c18-9-14-10-20(11-15(14)12-4-2-1-3-5-12)17(22)13-6-7-19-16(21)8-13;/h1-8,14-15H,9-11,18H2,(H,19,21);1H/t14-,15+;/m1./s1. The highest BCUT2D eigenvalue weighted by Gasteiger charge is 2.35. The molecule has 0 radical (unpaired) electrons. The minimum absolute atomic E-state index is 0. The van der Waals surface area contributed by atoms with E-state index in [2.05, 4.69) is 17.1 Å². The fourth-order valence-corrected chi connectivity index (χ4v) is 3.11. The number of nitrogens with zero attached hydrogens (tertiary/aromatic N) is 1. The summed E-state index contributed by atoms with van der Waals surface area (Å²) in [4.78, 5) is 28.3. The molecule has 3 N–H and O–H groups in total. The summed E-state index contributed by atoms with van der Waals surface area (Å²) in [7, 11) is 0. The predicted molar refractivity (Wildman–Crippen MR) is 91.9 cm³/mol. The molecule has 1 aliphatic heterocycles. The first-order valence-corrected chi connectivity index (χ1v) is 7.42. The maximum absolute atomic E-state index is 12.6. The first kappa shape index (κ1) is 17.2. The van der Waals surface area contributed by atoms with Gasteiger partial charge in [-0.1, -0.05) is 30.3 Å². The molecule has 0 spiro atoms. The highest BCUT2D eigenvalue weighted by molar-refractivity contribution is 5.94. The van der Waals surface area contributed by atoms with Crippen LogP contribution in [0, 0.1) is 5.92 Å². The van der Waals surface area contributed by atoms with Gasteiger partial charge < -0.3 is 15.6 Å². The molecule has 1 aromatic carbocycles. The van der Waals surface area contributed by atoms with Crippen molar-refractivity contribution in [2.24, 2.45) is 11.7 Å². The molecule has 0 saturated carbocycles. The van der Waals surface area contributed by atoms with Gasteiger partial charge in [-0.05, 0) is 24.1 Å². The number of amides is 1. The molecule has 6 heteroatoms. The van der Waals surface area contributed by atoms with Gasteiger partial charge in [-0.3, -0.25) is 9.59 Å². The molecule has 1 amide bonds. The van der Waals surface area contributed by atoms with E-state index >= 15 is 0 Å². The lowest BCUT2D eigenvalue weighted by Gasteiger charge is -2.16. The topological polar surface area (TPSA) is 79.2 Å². The number of nitrogens with one attached hydrogen (secondary N) is 1. The molecule has 1 fully saturated rings. The van der Waals surface area contributed by atoms with Gasteiger partial charge in [0.1, 0.15) is 0 Å². The lowest BCUT2D eigenvalue weighted by atomic mass is 9.89. The van der Waals surface area contributed by atoms with Gasteiger partial charge in [0, 0.05) is 36.8 Å². The summed E-state index contributed by atoms with van der Waals surface area (Å²) in [6.07, 6.45) is 1.50. The van der Waals surface area contributed by atoms with Gasteiger partial charge in [-0.25, -0.2) is 0 Å². The molecule has 2 atom stereocenters. The molecule has 0 bridgehead atoms. The van der Waals surface area contributed by atoms with E-state index in [1.165, 1.54) is 17.8 Å². The molecule has 1 saturated heterocycles. The maximum Gasteiger partial charge on any atom is 0.254 e. The maximum atomic E-state index is 12.6. The van der Waals surface area contributed by atoms with Crippen LogP contribution in [0.15, 0.2) is 53.5 Å². The molecule has 122 valence electrons. The third-order valence-corrected chi connectivity index (χ3v) is 4.28. The number of H-pyrrole nitrogens is 1. The highest BCUT2D eigenvalue weighted by Crippen LogP contribution is 2.32. The zero-order valence-electron chi connectivity index (χ0n) is 12.6. The monoisotopic (exact) mass is 333 g/mol. The summed E-state index contributed by atoms with van der Waals surface area (Å²) >= 11 is 0. The van der Waals surface area contributed by atoms with Crippen LogP contribution in [0.25, 0.3) is 0 Å². The zero-order valence-corrected chi connectivity index (χ0v) is 13.5. The highest BCUT2D eigenvalue weighted by atomic mass is 35.5. The average molecular weight is 334 g/mol. The number of hydrogen-bond donors (Lipinski definition) is 2. The Morgan fingerprint density at radius 1 is 1.22 bits per heavy atom. The number of halogens is 1. The van der Waals surface area contributed by atoms with E-state index in [9.17, 15) is 9.59 Å². The van der Waals surface area contributed by atoms with Crippen molar-refractivity contribution < 1.29 is 4.79 Å². The van der Waals surface area contributed by atoms with Crippen molar-refractivity contribution in [1.82, 2.24) is 9.88 Å². The van der Waals surface area contributed by atoms with Crippen LogP contribution in [0.2, 0.25) is 0 Å². The Hall–Kier alpha value is -2.11. The average Bonchev–Trinajstić information content (AvgIpc) is 2.99. The largest absolute Gasteiger partial charge is 0.338 e. The number of benzene rings is 1. The summed E-state index contributed by atoms with van der Waals surface area (Å²) in [5, 5.41) is 0. The van der Waals surface area contributed by atoms with Gasteiger partial charge in [0.05, 0.1) is 0 Å². The Bertz CT molecular complexity index is 717. The van der Waals surface area contributed by atoms with Crippen LogP contribution in [0.4, 0.5) is 0 Å². The summed E-state index contributed by atoms with van der Waals surface area (Å²) in [5.41, 5.74) is 7.26. The number of aromatic nitrogens is 1. The lowest BCUT2D eigenvalue weighted by molar-refractivity contribution is 0.0786. The Kier molecular flexibility index (Phi) is 5.58. The molecule has 2 heterocycles. The van der Waals surface area contributed by atoms with Gasteiger partial charge in [-0.2, -0.15) is 0 Å². The van der Waals surface area contributed by atoms with Crippen LogP contribution in [0.3, 0.4) is 0 Å². The number of aromatic amines is 1. The van der Waals surface area contributed by atoms with Crippen LogP contribution >= 0.6 is 12.4 Å². The van der Waals surface area contributed by atoms with Crippen LogP contribution in [0.1, 0.15) is 21.8 Å². The smallest absolute Gasteiger partial charge is 0.254 e. The predicted octanol–water partition coefficient (Wildman–Crippen LogP) is 1.61. The number of nitrogens with two attached hydrogens (primary N) is 1. The Morgan fingerprint density at radius 3 is 2.61 bits per heavy atom. The Labute approximate surface area is 140 Å². The molecule has 0 unspecified atom stereocenters. The van der Waals surface area contributed by atoms with Gasteiger partial charge >= 0.3 is 0 Å². The summed E-state index contributed by atoms with van der Waals surface area (Å²) in [6, 6.07) is 13.1. The van der Waals surface area contributed by atoms with Crippen LogP contribution < -0.4 is 11.3 Å². The van der Waals surface area contributed by atoms with Crippen LogP contribution in [-0.4, -0.2) is 35.4 Å². The van der Waals surface area contributed by atoms with Crippen molar-refractivity contribution in [3.05, 3.63) is 70.1 Å². The van der Waals surface area contributed by atoms with Gasteiger partial charge in [-0.15, -0.1) is 12.4 Å². The summed E-state index contributed by atoms with van der Waals surface area (Å²) in [6.45, 7) is 1.80. The number of pyridine rings is 1. The van der Waals surface area contributed by atoms with E-state index in [1.54, 1.807) is 11.0 Å². The first-order valence-electron chi connectivity index (χ1n) is 7.42. The molecule has 1 aliphatic rings. The third kappa shape index (κ3) is 3.63. The fraction of sp³-hybridized carbons (Fsp3) is 0.294. The SMILES string of the molecule is Cl.NC[C@@H]1CN(C(=O)c2cc[nH]c(=O)c2)C[C@H]1c1ccccc1. The third-order valence-electron chi connectivity index (χ3n) is 4.28. The molecular weight excluding hydrogens is 314 g/mol. The first-order chi connectivity index (χ1) is 10.7. The minimum Gasteiger partial charge on any atom is -0.338 e. The number of rotatable bonds is 3. The molecule has 3 rings (SSSR count). The number of carbonyl (C=O) groups excluding carboxylic acids is 1. The van der Waals surface area contributed by atoms with Crippen LogP contribution in [0.5, 0.6) is 0 Å². The second-order valence-electron chi connectivity index (χ2n) is 5.66. The quantitative estimate of drug-likeness (QED) is 0.895. The van der Waals surface area contributed by atoms with Crippen molar-refractivity contribution in [3.63, 3.8) is 0 Å². The second kappa shape index (κ2) is 7.44. The summed E-state index contributed by atoms with van der Waals surface area (Å²) in [5.74, 6) is 0.383. The normalized spacial score (nSPS) is 20.1. The second-order valence-corrected chi connectivity index (χ2v) is 5.66. The molecule has 2 aromatic rings. The molecule has 0 aliphatic carbocycles. The Morgan fingerprint density at radius 2 is 1.96 bits per heavy atom. The molecule has 1 aromatic heterocycles. The Balaban J connectivity index is 0.00000192. The summed E-state index contributed by atoms with van der Waals surface area (Å²) < 4.78 is 0. The fourth-order valence-electron chi connectivity index (χ4n) is 3.11. The van der Waals surface area contributed by atoms with Crippen molar-refractivity contribution in [1.29, 1.82) is 0 Å². The van der Waals surface area contributed by atoms with Crippen molar-refractivity contribution >= 4 is 18.3 Å². The number of likely N-dealkylation sites (tertiary alicyclic amines) is 1. The van der Waals surface area contributed by atoms with Crippen LogP contribution in [-0.2, 0) is 0 Å². The van der Waals surface area contributed by atoms with E-state index in [1.807, 2.05) is 18.2 Å². The van der Waals surface area contributed by atoms with E-state index in [4.69, 9.17) is 5.73 Å². The van der Waals surface area contributed by atoms with Crippen molar-refractivity contribution in [2.75, 3.05) is 19.6 Å². The van der Waals surface area contributed by atoms with E-state index in [-0.39, 0.29) is 35.7 Å². The molecule has 5 nitrogen and oxygen atoms in total. The van der Waals surface area contributed by atoms with Crippen molar-refractivity contribution in [2.45, 2.75) is 5.92 Å². The number of carbonyl (C=O) groups is 1. The lowest BCUT2D eigenvalue weighted by Crippen LogP contribution is -2.30. The van der Waals surface area contributed by atoms with Gasteiger partial charge in [0.15, 0.2) is 0 Å². The minimum atomic E-state index is -0.264. The van der Waals surface area contributed by atoms with Gasteiger partial charge in [0.25, 0.3) is 5.91 Å². The molecular formula is C17H20ClN3O2. The van der Waals surface area contributed by atoms with E-state index in [0.29, 0.717) is 25.2 Å². The molecule has 23 heavy (non-hydrogen) atoms. The van der Waals surface area contributed by atoms with E-state index in [0.717, 1.165) is 0 Å². The zero-order chi connectivity index (χ0) is 15.5. The number of hydrogen-bond acceptors (Lipinski definition) is 3. The van der Waals surface area contributed by atoms with E-state index < -0.39 is 0 Å². The van der Waals surface area contributed by atoms with Crippen molar-refractivity contribution in [3.8, 4) is 0 Å². The van der Waals surface area contributed by atoms with Gasteiger partial charge in [0.2, 0.25) is 5.56 Å².